The number of halogens is 2. The van der Waals surface area contributed by atoms with Gasteiger partial charge in [0.25, 0.3) is 5.91 Å². The lowest BCUT2D eigenvalue weighted by atomic mass is 10.1. The molecule has 0 atom stereocenters. The quantitative estimate of drug-likeness (QED) is 0.686. The van der Waals surface area contributed by atoms with Crippen molar-refractivity contribution in [3.8, 4) is 11.3 Å². The number of aryl methyl sites for hydroxylation is 1. The van der Waals surface area contributed by atoms with Crippen LogP contribution in [-0.4, -0.2) is 10.5 Å². The van der Waals surface area contributed by atoms with E-state index >= 15 is 0 Å². The first-order valence-electron chi connectivity index (χ1n) is 7.79. The average Bonchev–Trinajstić information content (AvgIpc) is 2.91. The Kier molecular flexibility index (Phi) is 4.90. The zero-order valence-corrected chi connectivity index (χ0v) is 14.6. The minimum Gasteiger partial charge on any atom is -0.319 e. The van der Waals surface area contributed by atoms with Gasteiger partial charge in [-0.25, -0.2) is 8.78 Å². The molecule has 0 aliphatic rings. The van der Waals surface area contributed by atoms with Crippen molar-refractivity contribution in [2.45, 2.75) is 13.3 Å². The Morgan fingerprint density at radius 1 is 1.12 bits per heavy atom. The molecule has 2 aromatic carbocycles. The fraction of sp³-hybridized carbons (Fsp3) is 0.158. The molecule has 1 aromatic heterocycles. The van der Waals surface area contributed by atoms with E-state index < -0.39 is 11.7 Å². The number of amides is 1. The first kappa shape index (κ1) is 17.2. The number of nitrogens with zero attached hydrogens (tertiary/aromatic N) is 2. The fourth-order valence-corrected chi connectivity index (χ4v) is 3.66. The second-order valence-electron chi connectivity index (χ2n) is 5.50. The molecular formula is C19H16F2N2OS. The molecule has 1 amide bonds. The normalized spacial score (nSPS) is 11.8. The van der Waals surface area contributed by atoms with Crippen LogP contribution in [0.4, 0.5) is 8.78 Å². The third kappa shape index (κ3) is 3.58. The van der Waals surface area contributed by atoms with Gasteiger partial charge < -0.3 is 4.57 Å². The molecule has 0 saturated carbocycles. The van der Waals surface area contributed by atoms with E-state index in [1.54, 1.807) is 12.1 Å². The molecule has 0 fully saturated rings. The Morgan fingerprint density at radius 2 is 1.84 bits per heavy atom. The van der Waals surface area contributed by atoms with E-state index in [1.165, 1.54) is 47.7 Å². The van der Waals surface area contributed by atoms with Crippen molar-refractivity contribution >= 4 is 17.2 Å². The predicted octanol–water partition coefficient (Wildman–Crippen LogP) is 4.34. The molecule has 0 spiro atoms. The van der Waals surface area contributed by atoms with E-state index in [9.17, 15) is 13.6 Å². The number of hydrogen-bond acceptors (Lipinski definition) is 2. The van der Waals surface area contributed by atoms with Crippen LogP contribution in [0.2, 0.25) is 0 Å². The van der Waals surface area contributed by atoms with Crippen molar-refractivity contribution in [3.05, 3.63) is 75.4 Å². The first-order chi connectivity index (χ1) is 12.0. The van der Waals surface area contributed by atoms with E-state index in [0.717, 1.165) is 22.6 Å². The van der Waals surface area contributed by atoms with Gasteiger partial charge >= 0.3 is 0 Å². The first-order valence-corrected chi connectivity index (χ1v) is 8.60. The summed E-state index contributed by atoms with van der Waals surface area (Å²) in [6, 6.07) is 11.7. The van der Waals surface area contributed by atoms with Crippen LogP contribution in [0.1, 0.15) is 22.2 Å². The topological polar surface area (TPSA) is 34.4 Å². The highest BCUT2D eigenvalue weighted by Crippen LogP contribution is 2.26. The summed E-state index contributed by atoms with van der Waals surface area (Å²) in [7, 11) is 1.81. The summed E-state index contributed by atoms with van der Waals surface area (Å²) in [5, 5.41) is 0. The van der Waals surface area contributed by atoms with E-state index in [2.05, 4.69) is 4.99 Å². The Hall–Kier alpha value is -2.60. The van der Waals surface area contributed by atoms with Crippen molar-refractivity contribution in [2.75, 3.05) is 0 Å². The Balaban J connectivity index is 2.09. The van der Waals surface area contributed by atoms with Gasteiger partial charge in [-0.15, -0.1) is 11.3 Å². The lowest BCUT2D eigenvalue weighted by Gasteiger charge is -2.05. The SMILES string of the molecule is CCc1sc(=NC(=O)c2cccc(F)c2)n(C)c1-c1ccc(F)cc1. The van der Waals surface area contributed by atoms with Crippen LogP contribution in [0.5, 0.6) is 0 Å². The molecule has 0 aliphatic heterocycles. The van der Waals surface area contributed by atoms with Crippen molar-refractivity contribution in [1.82, 2.24) is 4.57 Å². The molecule has 0 aliphatic carbocycles. The fourth-order valence-electron chi connectivity index (χ4n) is 2.58. The number of hydrogen-bond donors (Lipinski definition) is 0. The van der Waals surface area contributed by atoms with Crippen molar-refractivity contribution in [2.24, 2.45) is 12.0 Å². The number of benzene rings is 2. The van der Waals surface area contributed by atoms with Crippen LogP contribution in [-0.2, 0) is 13.5 Å². The van der Waals surface area contributed by atoms with E-state index in [4.69, 9.17) is 0 Å². The third-order valence-corrected chi connectivity index (χ3v) is 5.08. The highest BCUT2D eigenvalue weighted by atomic mass is 32.1. The van der Waals surface area contributed by atoms with Crippen LogP contribution < -0.4 is 4.80 Å². The zero-order valence-electron chi connectivity index (χ0n) is 13.8. The monoisotopic (exact) mass is 358 g/mol. The molecule has 1 heterocycles. The predicted molar refractivity (Wildman–Crippen MR) is 94.4 cm³/mol. The minimum absolute atomic E-state index is 0.204. The van der Waals surface area contributed by atoms with Crippen LogP contribution in [0, 0.1) is 11.6 Å². The van der Waals surface area contributed by atoms with Crippen LogP contribution in [0.25, 0.3) is 11.3 Å². The molecule has 3 nitrogen and oxygen atoms in total. The van der Waals surface area contributed by atoms with Crippen LogP contribution >= 0.6 is 11.3 Å². The third-order valence-electron chi connectivity index (χ3n) is 3.81. The molecule has 0 radical (unpaired) electrons. The maximum absolute atomic E-state index is 13.3. The maximum atomic E-state index is 13.3. The second-order valence-corrected chi connectivity index (χ2v) is 6.57. The summed E-state index contributed by atoms with van der Waals surface area (Å²) in [4.78, 5) is 18.0. The smallest absolute Gasteiger partial charge is 0.279 e. The minimum atomic E-state index is -0.496. The number of rotatable bonds is 3. The Bertz CT molecular complexity index is 987. The van der Waals surface area contributed by atoms with Gasteiger partial charge in [-0.2, -0.15) is 4.99 Å². The average molecular weight is 358 g/mol. The van der Waals surface area contributed by atoms with Gasteiger partial charge in [0.2, 0.25) is 0 Å². The lowest BCUT2D eigenvalue weighted by molar-refractivity contribution is 0.0997. The van der Waals surface area contributed by atoms with Gasteiger partial charge in [0.05, 0.1) is 5.69 Å². The highest BCUT2D eigenvalue weighted by Gasteiger charge is 2.13. The van der Waals surface area contributed by atoms with E-state index in [0.29, 0.717) is 4.80 Å². The summed E-state index contributed by atoms with van der Waals surface area (Å²) in [6.07, 6.45) is 0.759. The largest absolute Gasteiger partial charge is 0.319 e. The Morgan fingerprint density at radius 3 is 2.48 bits per heavy atom. The lowest BCUT2D eigenvalue weighted by Crippen LogP contribution is -2.14. The van der Waals surface area contributed by atoms with Gasteiger partial charge in [0.15, 0.2) is 4.80 Å². The highest BCUT2D eigenvalue weighted by molar-refractivity contribution is 7.09. The molecular weight excluding hydrogens is 342 g/mol. The zero-order chi connectivity index (χ0) is 18.0. The van der Waals surface area contributed by atoms with Gasteiger partial charge in [-0.1, -0.05) is 13.0 Å². The van der Waals surface area contributed by atoms with E-state index in [-0.39, 0.29) is 11.4 Å². The molecule has 25 heavy (non-hydrogen) atoms. The Labute approximate surface area is 147 Å². The summed E-state index contributed by atoms with van der Waals surface area (Å²) >= 11 is 1.40. The molecule has 3 rings (SSSR count). The van der Waals surface area contributed by atoms with Gasteiger partial charge in [-0.3, -0.25) is 4.79 Å². The molecule has 6 heteroatoms. The molecule has 0 unspecified atom stereocenters. The van der Waals surface area contributed by atoms with E-state index in [1.807, 2.05) is 18.5 Å². The van der Waals surface area contributed by atoms with Gasteiger partial charge in [0, 0.05) is 17.5 Å². The number of aromatic nitrogens is 1. The summed E-state index contributed by atoms with van der Waals surface area (Å²) in [5.41, 5.74) is 1.96. The van der Waals surface area contributed by atoms with Gasteiger partial charge in [-0.05, 0) is 54.4 Å². The molecule has 3 aromatic rings. The molecule has 0 N–H and O–H groups in total. The number of carbonyl (C=O) groups excluding carboxylic acids is 1. The second kappa shape index (κ2) is 7.11. The summed E-state index contributed by atoms with van der Waals surface area (Å²) in [5.74, 6) is -1.27. The van der Waals surface area contributed by atoms with Crippen molar-refractivity contribution in [3.63, 3.8) is 0 Å². The number of carbonyl (C=O) groups is 1. The van der Waals surface area contributed by atoms with Crippen LogP contribution in [0.3, 0.4) is 0 Å². The molecule has 128 valence electrons. The van der Waals surface area contributed by atoms with Crippen LogP contribution in [0.15, 0.2) is 53.5 Å². The summed E-state index contributed by atoms with van der Waals surface area (Å²) in [6.45, 7) is 2.01. The van der Waals surface area contributed by atoms with Crippen molar-refractivity contribution in [1.29, 1.82) is 0 Å². The summed E-state index contributed by atoms with van der Waals surface area (Å²) < 4.78 is 28.3. The molecule has 0 saturated heterocycles. The standard InChI is InChI=1S/C19H16F2N2OS/c1-3-16-17(12-7-9-14(20)10-8-12)23(2)19(25-16)22-18(24)13-5-4-6-15(21)11-13/h4-11H,3H2,1-2H3. The maximum Gasteiger partial charge on any atom is 0.279 e. The number of thiazole rings is 1. The van der Waals surface area contributed by atoms with Crippen molar-refractivity contribution < 1.29 is 13.6 Å². The molecule has 0 bridgehead atoms. The van der Waals surface area contributed by atoms with Gasteiger partial charge in [0.1, 0.15) is 11.6 Å².